The number of fused-ring (bicyclic) bond motifs is 1. The molecule has 2 N–H and O–H groups in total. The van der Waals surface area contributed by atoms with E-state index in [2.05, 4.69) is 10.1 Å². The summed E-state index contributed by atoms with van der Waals surface area (Å²) in [5.74, 6) is 0. The summed E-state index contributed by atoms with van der Waals surface area (Å²) in [7, 11) is 0. The molecule has 0 bridgehead atoms. The summed E-state index contributed by atoms with van der Waals surface area (Å²) in [5, 5.41) is 4.60. The van der Waals surface area contributed by atoms with E-state index in [-0.39, 0.29) is 0 Å². The lowest BCUT2D eigenvalue weighted by atomic mass is 10.3. The van der Waals surface area contributed by atoms with Crippen LogP contribution in [-0.4, -0.2) is 20.8 Å². The van der Waals surface area contributed by atoms with Gasteiger partial charge < -0.3 is 5.73 Å². The van der Waals surface area contributed by atoms with E-state index in [1.54, 1.807) is 24.7 Å². The molecule has 2 aromatic heterocycles. The molecule has 0 aliphatic rings. The summed E-state index contributed by atoms with van der Waals surface area (Å²) in [6.45, 7) is 0. The van der Waals surface area contributed by atoms with Crippen molar-refractivity contribution in [1.82, 2.24) is 14.8 Å². The number of carbonyl (C=O) groups excluding carboxylic acids is 1. The fourth-order valence-corrected chi connectivity index (χ4v) is 1.05. The molecule has 5 heteroatoms. The Morgan fingerprint density at radius 1 is 1.50 bits per heavy atom. The van der Waals surface area contributed by atoms with E-state index in [1.807, 2.05) is 0 Å². The van der Waals surface area contributed by atoms with Crippen molar-refractivity contribution in [2.24, 2.45) is 5.73 Å². The third-order valence-corrected chi connectivity index (χ3v) is 1.58. The zero-order chi connectivity index (χ0) is 8.55. The summed E-state index contributed by atoms with van der Waals surface area (Å²) < 4.78 is 1.14. The second-order valence-corrected chi connectivity index (χ2v) is 2.33. The Kier molecular flexibility index (Phi) is 1.30. The van der Waals surface area contributed by atoms with Crippen molar-refractivity contribution in [3.8, 4) is 0 Å². The van der Waals surface area contributed by atoms with E-state index in [0.29, 0.717) is 5.52 Å². The van der Waals surface area contributed by atoms with Crippen LogP contribution in [0.2, 0.25) is 0 Å². The molecule has 2 heterocycles. The van der Waals surface area contributed by atoms with E-state index in [9.17, 15) is 4.79 Å². The van der Waals surface area contributed by atoms with Crippen molar-refractivity contribution >= 4 is 16.9 Å². The molecule has 0 radical (unpaired) electrons. The lowest BCUT2D eigenvalue weighted by molar-refractivity contribution is 0.248. The smallest absolute Gasteiger partial charge is 0.340 e. The normalized spacial score (nSPS) is 10.3. The summed E-state index contributed by atoms with van der Waals surface area (Å²) in [5.41, 5.74) is 5.74. The van der Waals surface area contributed by atoms with Crippen molar-refractivity contribution < 1.29 is 4.79 Å². The van der Waals surface area contributed by atoms with Gasteiger partial charge in [-0.2, -0.15) is 9.78 Å². The predicted octanol–water partition coefficient (Wildman–Crippen LogP) is 0.358. The number of amides is 1. The number of hydrogen-bond acceptors (Lipinski definition) is 3. The predicted molar refractivity (Wildman–Crippen MR) is 42.5 cm³/mol. The van der Waals surface area contributed by atoms with Crippen LogP contribution in [0.5, 0.6) is 0 Å². The van der Waals surface area contributed by atoms with E-state index >= 15 is 0 Å². The number of nitrogens with zero attached hydrogens (tertiary/aromatic N) is 3. The van der Waals surface area contributed by atoms with Crippen LogP contribution in [0.3, 0.4) is 0 Å². The third-order valence-electron chi connectivity index (χ3n) is 1.58. The molecule has 1 amide bonds. The van der Waals surface area contributed by atoms with Gasteiger partial charge in [-0.25, -0.2) is 4.79 Å². The maximum absolute atomic E-state index is 10.8. The lowest BCUT2D eigenvalue weighted by Crippen LogP contribution is -2.20. The van der Waals surface area contributed by atoms with Crippen LogP contribution in [0.15, 0.2) is 24.7 Å². The van der Waals surface area contributed by atoms with Crippen LogP contribution >= 0.6 is 0 Å². The summed E-state index contributed by atoms with van der Waals surface area (Å²) in [6.07, 6.45) is 4.76. The van der Waals surface area contributed by atoms with Crippen molar-refractivity contribution in [2.75, 3.05) is 0 Å². The highest BCUT2D eigenvalue weighted by Gasteiger charge is 2.04. The highest BCUT2D eigenvalue weighted by atomic mass is 16.2. The average molecular weight is 162 g/mol. The van der Waals surface area contributed by atoms with Gasteiger partial charge in [0, 0.05) is 17.8 Å². The summed E-state index contributed by atoms with van der Waals surface area (Å²) in [6, 6.07) is 1.10. The molecule has 60 valence electrons. The van der Waals surface area contributed by atoms with E-state index in [4.69, 9.17) is 5.73 Å². The highest BCUT2D eigenvalue weighted by Crippen LogP contribution is 2.09. The molecule has 0 aliphatic carbocycles. The van der Waals surface area contributed by atoms with Crippen LogP contribution in [0, 0.1) is 0 Å². The van der Waals surface area contributed by atoms with Crippen LogP contribution in [0.1, 0.15) is 0 Å². The average Bonchev–Trinajstić information content (AvgIpc) is 2.47. The second-order valence-electron chi connectivity index (χ2n) is 2.33. The number of primary amides is 1. The van der Waals surface area contributed by atoms with Crippen LogP contribution in [0.25, 0.3) is 10.9 Å². The SMILES string of the molecule is NC(=O)n1ncc2cnccc21. The molecule has 0 spiro atoms. The van der Waals surface area contributed by atoms with Crippen molar-refractivity contribution in [3.05, 3.63) is 24.7 Å². The van der Waals surface area contributed by atoms with E-state index in [1.165, 1.54) is 0 Å². The van der Waals surface area contributed by atoms with Crippen molar-refractivity contribution in [3.63, 3.8) is 0 Å². The summed E-state index contributed by atoms with van der Waals surface area (Å²) in [4.78, 5) is 14.7. The molecule has 12 heavy (non-hydrogen) atoms. The van der Waals surface area contributed by atoms with E-state index < -0.39 is 6.03 Å². The Hall–Kier alpha value is -1.91. The maximum atomic E-state index is 10.8. The molecule has 0 unspecified atom stereocenters. The largest absolute Gasteiger partial charge is 0.350 e. The fraction of sp³-hybridized carbons (Fsp3) is 0. The quantitative estimate of drug-likeness (QED) is 0.607. The van der Waals surface area contributed by atoms with Crippen LogP contribution in [0.4, 0.5) is 4.79 Å². The van der Waals surface area contributed by atoms with Gasteiger partial charge in [-0.1, -0.05) is 0 Å². The number of aromatic nitrogens is 3. The minimum atomic E-state index is -0.587. The first-order chi connectivity index (χ1) is 5.79. The van der Waals surface area contributed by atoms with Gasteiger partial charge in [-0.3, -0.25) is 4.98 Å². The number of pyridine rings is 1. The molecule has 0 saturated heterocycles. The minimum Gasteiger partial charge on any atom is -0.350 e. The fourth-order valence-electron chi connectivity index (χ4n) is 1.05. The summed E-state index contributed by atoms with van der Waals surface area (Å²) >= 11 is 0. The molecule has 0 aliphatic heterocycles. The van der Waals surface area contributed by atoms with Gasteiger partial charge in [0.05, 0.1) is 11.7 Å². The number of nitrogens with two attached hydrogens (primary N) is 1. The van der Waals surface area contributed by atoms with Crippen LogP contribution < -0.4 is 5.73 Å². The van der Waals surface area contributed by atoms with Crippen molar-refractivity contribution in [2.45, 2.75) is 0 Å². The first-order valence-corrected chi connectivity index (χ1v) is 3.36. The minimum absolute atomic E-state index is 0.587. The van der Waals surface area contributed by atoms with Gasteiger partial charge in [0.1, 0.15) is 0 Å². The Labute approximate surface area is 67.8 Å². The molecule has 2 aromatic rings. The second kappa shape index (κ2) is 2.30. The Balaban J connectivity index is 2.79. The first-order valence-electron chi connectivity index (χ1n) is 3.36. The van der Waals surface area contributed by atoms with Crippen molar-refractivity contribution in [1.29, 1.82) is 0 Å². The molecule has 5 nitrogen and oxygen atoms in total. The zero-order valence-electron chi connectivity index (χ0n) is 6.14. The Morgan fingerprint density at radius 2 is 2.33 bits per heavy atom. The van der Waals surface area contributed by atoms with Gasteiger partial charge in [-0.05, 0) is 6.07 Å². The zero-order valence-corrected chi connectivity index (χ0v) is 6.14. The molecule has 2 rings (SSSR count). The van der Waals surface area contributed by atoms with Gasteiger partial charge >= 0.3 is 6.03 Å². The first kappa shape index (κ1) is 6.78. The van der Waals surface area contributed by atoms with Gasteiger partial charge in [0.25, 0.3) is 0 Å². The van der Waals surface area contributed by atoms with Gasteiger partial charge in [0.2, 0.25) is 0 Å². The molecule has 0 aromatic carbocycles. The van der Waals surface area contributed by atoms with Gasteiger partial charge in [0.15, 0.2) is 0 Å². The molecule has 0 atom stereocenters. The topological polar surface area (TPSA) is 73.8 Å². The molecule has 0 fully saturated rings. The Morgan fingerprint density at radius 3 is 3.08 bits per heavy atom. The number of hydrogen-bond donors (Lipinski definition) is 1. The lowest BCUT2D eigenvalue weighted by Gasteiger charge is -1.93. The van der Waals surface area contributed by atoms with Gasteiger partial charge in [-0.15, -0.1) is 0 Å². The monoisotopic (exact) mass is 162 g/mol. The van der Waals surface area contributed by atoms with E-state index in [0.717, 1.165) is 10.1 Å². The third kappa shape index (κ3) is 0.833. The number of carbonyl (C=O) groups is 1. The molecular formula is C7H6N4O. The van der Waals surface area contributed by atoms with Crippen LogP contribution in [-0.2, 0) is 0 Å². The highest BCUT2D eigenvalue weighted by molar-refractivity contribution is 5.88. The molecule has 0 saturated carbocycles. The molecular weight excluding hydrogens is 156 g/mol. The number of rotatable bonds is 0. The Bertz CT molecular complexity index is 434. The maximum Gasteiger partial charge on any atom is 0.340 e. The standard InChI is InChI=1S/C7H6N4O/c8-7(12)11-6-1-2-9-3-5(6)4-10-11/h1-4H,(H2,8,12).